The number of ether oxygens (including phenoxy) is 1. The van der Waals surface area contributed by atoms with Gasteiger partial charge in [0.2, 0.25) is 0 Å². The second-order valence-corrected chi connectivity index (χ2v) is 7.44. The number of thiophene rings is 1. The Labute approximate surface area is 163 Å². The number of hydrogen-bond acceptors (Lipinski definition) is 6. The van der Waals surface area contributed by atoms with Crippen LogP contribution in [0.3, 0.4) is 0 Å². The van der Waals surface area contributed by atoms with Crippen molar-refractivity contribution in [3.8, 4) is 0 Å². The van der Waals surface area contributed by atoms with Gasteiger partial charge in [-0.25, -0.2) is 9.37 Å². The minimum atomic E-state index is -0.807. The fourth-order valence-corrected chi connectivity index (χ4v) is 3.68. The van der Waals surface area contributed by atoms with E-state index in [1.807, 2.05) is 13.8 Å². The Hall–Kier alpha value is -3.07. The zero-order valence-electron chi connectivity index (χ0n) is 15.5. The number of amides is 1. The molecule has 0 unspecified atom stereocenters. The van der Waals surface area contributed by atoms with Gasteiger partial charge in [-0.05, 0) is 44.5 Å². The highest BCUT2D eigenvalue weighted by atomic mass is 32.1. The number of benzene rings is 1. The fourth-order valence-electron chi connectivity index (χ4n) is 2.64. The summed E-state index contributed by atoms with van der Waals surface area (Å²) in [6.45, 7) is 4.94. The summed E-state index contributed by atoms with van der Waals surface area (Å²) in [6, 6.07) is 5.12. The molecule has 2 N–H and O–H groups in total. The van der Waals surface area contributed by atoms with Crippen molar-refractivity contribution in [3.63, 3.8) is 0 Å². The highest BCUT2D eigenvalue weighted by molar-refractivity contribution is 7.18. The van der Waals surface area contributed by atoms with Crippen LogP contribution in [0.15, 0.2) is 29.1 Å². The van der Waals surface area contributed by atoms with Gasteiger partial charge in [-0.1, -0.05) is 6.07 Å². The van der Waals surface area contributed by atoms with E-state index in [1.54, 1.807) is 6.92 Å². The lowest BCUT2D eigenvalue weighted by atomic mass is 10.2. The van der Waals surface area contributed by atoms with E-state index in [-0.39, 0.29) is 16.9 Å². The van der Waals surface area contributed by atoms with Crippen molar-refractivity contribution in [2.45, 2.75) is 26.9 Å². The van der Waals surface area contributed by atoms with Gasteiger partial charge >= 0.3 is 5.97 Å². The Balaban J connectivity index is 1.65. The molecule has 0 aliphatic rings. The van der Waals surface area contributed by atoms with Gasteiger partial charge in [0.25, 0.3) is 11.5 Å². The van der Waals surface area contributed by atoms with E-state index < -0.39 is 30.3 Å². The third-order valence-corrected chi connectivity index (χ3v) is 5.33. The van der Waals surface area contributed by atoms with Crippen LogP contribution in [0.4, 0.5) is 4.39 Å². The standard InChI is InChI=1S/C19H18FN3O4S/c1-9-11(3)28-19-15(9)18(26)22-16(23-19)10(2)27-14(24)8-21-17(25)12-5-4-6-13(20)7-12/h4-7,10H,8H2,1-3H3,(H,21,25)(H,22,23,26)/t10-/m1/s1. The maximum absolute atomic E-state index is 13.1. The molecule has 0 saturated heterocycles. The third-order valence-electron chi connectivity index (χ3n) is 4.23. The van der Waals surface area contributed by atoms with Crippen molar-refractivity contribution in [1.29, 1.82) is 0 Å². The van der Waals surface area contributed by atoms with Crippen molar-refractivity contribution < 1.29 is 18.7 Å². The first kappa shape index (κ1) is 19.7. The number of hydrogen-bond donors (Lipinski definition) is 2. The van der Waals surface area contributed by atoms with Gasteiger partial charge in [0.15, 0.2) is 11.9 Å². The molecule has 0 spiro atoms. The van der Waals surface area contributed by atoms with Gasteiger partial charge in [0.1, 0.15) is 17.2 Å². The first-order chi connectivity index (χ1) is 13.3. The number of carbonyl (C=O) groups excluding carboxylic acids is 2. The third kappa shape index (κ3) is 4.09. The number of rotatable bonds is 5. The molecule has 0 saturated carbocycles. The largest absolute Gasteiger partial charge is 0.453 e. The molecule has 1 amide bonds. The Kier molecular flexibility index (Phi) is 5.55. The summed E-state index contributed by atoms with van der Waals surface area (Å²) in [5.41, 5.74) is 0.690. The van der Waals surface area contributed by atoms with E-state index in [0.717, 1.165) is 16.5 Å². The van der Waals surface area contributed by atoms with Crippen molar-refractivity contribution in [3.05, 3.63) is 62.3 Å². The van der Waals surface area contributed by atoms with Gasteiger partial charge < -0.3 is 15.0 Å². The molecule has 146 valence electrons. The van der Waals surface area contributed by atoms with Crippen molar-refractivity contribution in [2.24, 2.45) is 0 Å². The van der Waals surface area contributed by atoms with Gasteiger partial charge in [-0.2, -0.15) is 0 Å². The quantitative estimate of drug-likeness (QED) is 0.638. The molecule has 0 aliphatic heterocycles. The van der Waals surface area contributed by atoms with Crippen LogP contribution < -0.4 is 10.9 Å². The Morgan fingerprint density at radius 3 is 2.82 bits per heavy atom. The number of nitrogens with one attached hydrogen (secondary N) is 2. The van der Waals surface area contributed by atoms with Gasteiger partial charge in [0.05, 0.1) is 5.39 Å². The molecule has 2 aromatic heterocycles. The summed E-state index contributed by atoms with van der Waals surface area (Å²) in [4.78, 5) is 44.8. The van der Waals surface area contributed by atoms with Crippen LogP contribution in [-0.4, -0.2) is 28.4 Å². The molecule has 0 radical (unpaired) electrons. The van der Waals surface area contributed by atoms with Crippen LogP contribution in [0.2, 0.25) is 0 Å². The minimum absolute atomic E-state index is 0.0979. The number of halogens is 1. The maximum Gasteiger partial charge on any atom is 0.326 e. The van der Waals surface area contributed by atoms with Crippen LogP contribution >= 0.6 is 11.3 Å². The fraction of sp³-hybridized carbons (Fsp3) is 0.263. The van der Waals surface area contributed by atoms with Gasteiger partial charge in [-0.15, -0.1) is 11.3 Å². The predicted octanol–water partition coefficient (Wildman–Crippen LogP) is 2.77. The van der Waals surface area contributed by atoms with E-state index >= 15 is 0 Å². The van der Waals surface area contributed by atoms with Crippen molar-refractivity contribution >= 4 is 33.4 Å². The Bertz CT molecular complexity index is 1120. The summed E-state index contributed by atoms with van der Waals surface area (Å²) in [5, 5.41) is 2.90. The number of aryl methyl sites for hydroxylation is 2. The predicted molar refractivity (Wildman–Crippen MR) is 103 cm³/mol. The molecule has 0 fully saturated rings. The molecule has 1 atom stereocenters. The maximum atomic E-state index is 13.1. The summed E-state index contributed by atoms with van der Waals surface area (Å²) in [6.07, 6.45) is -0.807. The molecule has 1 aromatic carbocycles. The zero-order valence-corrected chi connectivity index (χ0v) is 16.3. The lowest BCUT2D eigenvalue weighted by Crippen LogP contribution is -2.31. The summed E-state index contributed by atoms with van der Waals surface area (Å²) in [7, 11) is 0. The second-order valence-electron chi connectivity index (χ2n) is 6.24. The zero-order chi connectivity index (χ0) is 20.4. The van der Waals surface area contributed by atoms with E-state index in [4.69, 9.17) is 4.74 Å². The molecule has 28 heavy (non-hydrogen) atoms. The second kappa shape index (κ2) is 7.89. The van der Waals surface area contributed by atoms with E-state index in [9.17, 15) is 18.8 Å². The molecular weight excluding hydrogens is 385 g/mol. The smallest absolute Gasteiger partial charge is 0.326 e. The van der Waals surface area contributed by atoms with Crippen molar-refractivity contribution in [1.82, 2.24) is 15.3 Å². The lowest BCUT2D eigenvalue weighted by Gasteiger charge is -2.13. The number of nitrogens with zero attached hydrogens (tertiary/aromatic N) is 1. The molecule has 3 aromatic rings. The highest BCUT2D eigenvalue weighted by Crippen LogP contribution is 2.26. The molecular formula is C19H18FN3O4S. The Morgan fingerprint density at radius 2 is 2.11 bits per heavy atom. The summed E-state index contributed by atoms with van der Waals surface area (Å²) >= 11 is 1.40. The Morgan fingerprint density at radius 1 is 1.36 bits per heavy atom. The minimum Gasteiger partial charge on any atom is -0.453 e. The summed E-state index contributed by atoms with van der Waals surface area (Å²) < 4.78 is 18.4. The lowest BCUT2D eigenvalue weighted by molar-refractivity contribution is -0.147. The van der Waals surface area contributed by atoms with Crippen molar-refractivity contribution in [2.75, 3.05) is 6.54 Å². The molecule has 7 nitrogen and oxygen atoms in total. The topological polar surface area (TPSA) is 101 Å². The summed E-state index contributed by atoms with van der Waals surface area (Å²) in [5.74, 6) is -1.63. The number of aromatic amines is 1. The number of fused-ring (bicyclic) bond motifs is 1. The molecule has 9 heteroatoms. The number of H-pyrrole nitrogens is 1. The number of esters is 1. The molecule has 2 heterocycles. The van der Waals surface area contributed by atoms with Crippen LogP contribution in [-0.2, 0) is 9.53 Å². The van der Waals surface area contributed by atoms with Crippen LogP contribution in [0.1, 0.15) is 39.7 Å². The monoisotopic (exact) mass is 403 g/mol. The SMILES string of the molecule is Cc1sc2nc([C@@H](C)OC(=O)CNC(=O)c3cccc(F)c3)[nH]c(=O)c2c1C. The number of aromatic nitrogens is 2. The van der Waals surface area contributed by atoms with Crippen LogP contribution in [0.25, 0.3) is 10.2 Å². The van der Waals surface area contributed by atoms with E-state index in [2.05, 4.69) is 15.3 Å². The van der Waals surface area contributed by atoms with Crippen LogP contribution in [0, 0.1) is 19.7 Å². The number of carbonyl (C=O) groups is 2. The average Bonchev–Trinajstić information content (AvgIpc) is 2.94. The average molecular weight is 403 g/mol. The molecule has 0 aliphatic carbocycles. The van der Waals surface area contributed by atoms with E-state index in [0.29, 0.717) is 10.2 Å². The van der Waals surface area contributed by atoms with Gasteiger partial charge in [0, 0.05) is 10.4 Å². The molecule has 3 rings (SSSR count). The first-order valence-electron chi connectivity index (χ1n) is 8.49. The molecule has 0 bridgehead atoms. The normalized spacial score (nSPS) is 12.0. The first-order valence-corrected chi connectivity index (χ1v) is 9.31. The van der Waals surface area contributed by atoms with E-state index in [1.165, 1.54) is 29.5 Å². The van der Waals surface area contributed by atoms with Crippen LogP contribution in [0.5, 0.6) is 0 Å². The highest BCUT2D eigenvalue weighted by Gasteiger charge is 2.18. The van der Waals surface area contributed by atoms with Gasteiger partial charge in [-0.3, -0.25) is 14.4 Å².